The van der Waals surface area contributed by atoms with Gasteiger partial charge < -0.3 is 9.47 Å². The molecule has 0 unspecified atom stereocenters. The zero-order valence-electron chi connectivity index (χ0n) is 19.4. The largest absolute Gasteiger partial charge is 0.497 e. The molecule has 1 aliphatic rings. The Morgan fingerprint density at radius 1 is 1.15 bits per heavy atom. The van der Waals surface area contributed by atoms with Crippen LogP contribution in [0, 0.1) is 18.8 Å². The molecular weight excluding hydrogens is 440 g/mol. The third-order valence-electron chi connectivity index (χ3n) is 6.27. The van der Waals surface area contributed by atoms with Crippen molar-refractivity contribution >= 4 is 23.3 Å². The summed E-state index contributed by atoms with van der Waals surface area (Å²) in [5, 5.41) is 9.45. The Balaban J connectivity index is 2.05. The maximum Gasteiger partial charge on any atom is 0.311 e. The zero-order valence-corrected chi connectivity index (χ0v) is 20.1. The summed E-state index contributed by atoms with van der Waals surface area (Å²) in [7, 11) is 3.04. The smallest absolute Gasteiger partial charge is 0.311 e. The molecule has 1 aromatic heterocycles. The van der Waals surface area contributed by atoms with Crippen molar-refractivity contribution in [1.29, 1.82) is 0 Å². The van der Waals surface area contributed by atoms with Gasteiger partial charge in [0.1, 0.15) is 17.6 Å². The van der Waals surface area contributed by atoms with Crippen molar-refractivity contribution < 1.29 is 14.3 Å². The summed E-state index contributed by atoms with van der Waals surface area (Å²) in [6.45, 7) is 5.98. The Morgan fingerprint density at radius 2 is 1.88 bits per heavy atom. The fourth-order valence-corrected chi connectivity index (χ4v) is 4.43. The van der Waals surface area contributed by atoms with Crippen LogP contribution in [0.1, 0.15) is 49.1 Å². The molecule has 33 heavy (non-hydrogen) atoms. The van der Waals surface area contributed by atoms with Gasteiger partial charge in [-0.2, -0.15) is 0 Å². The molecule has 1 aliphatic heterocycles. The standard InChI is InChI=1S/C25H27ClN4O3/c1-6-14(2)21(25(31)33-5)23-24-29-28-15(3)30(24)20-12-11-18(32-4)13-19(20)22(27-23)16-7-9-17(26)10-8-16/h7-14,21,23H,6H2,1-5H3/t14-,21-,23-/m0/s1. The van der Waals surface area contributed by atoms with Crippen molar-refractivity contribution in [2.75, 3.05) is 14.2 Å². The van der Waals surface area contributed by atoms with E-state index in [-0.39, 0.29) is 11.9 Å². The number of aromatic nitrogens is 3. The lowest BCUT2D eigenvalue weighted by atomic mass is 9.85. The normalized spacial score (nSPS) is 16.7. The number of halogens is 1. The Kier molecular flexibility index (Phi) is 6.51. The number of hydrogen-bond acceptors (Lipinski definition) is 6. The molecule has 0 aliphatic carbocycles. The molecule has 0 amide bonds. The minimum atomic E-state index is -0.585. The molecule has 0 bridgehead atoms. The summed E-state index contributed by atoms with van der Waals surface area (Å²) in [5.41, 5.74) is 3.34. The van der Waals surface area contributed by atoms with Crippen LogP contribution in [0.4, 0.5) is 0 Å². The number of methoxy groups -OCH3 is 2. The second-order valence-electron chi connectivity index (χ2n) is 8.19. The average molecular weight is 467 g/mol. The Morgan fingerprint density at radius 3 is 2.52 bits per heavy atom. The number of rotatable bonds is 6. The van der Waals surface area contributed by atoms with E-state index in [0.717, 1.165) is 28.9 Å². The molecule has 0 fully saturated rings. The number of aryl methyl sites for hydroxylation is 1. The summed E-state index contributed by atoms with van der Waals surface area (Å²) in [6, 6.07) is 12.7. The molecule has 4 rings (SSSR count). The molecule has 0 saturated carbocycles. The molecule has 0 saturated heterocycles. The van der Waals surface area contributed by atoms with Gasteiger partial charge in [0.15, 0.2) is 5.82 Å². The minimum absolute atomic E-state index is 0.0128. The summed E-state index contributed by atoms with van der Waals surface area (Å²) < 4.78 is 12.7. The van der Waals surface area contributed by atoms with Crippen LogP contribution in [0.5, 0.6) is 5.75 Å². The van der Waals surface area contributed by atoms with E-state index < -0.39 is 12.0 Å². The van der Waals surface area contributed by atoms with Crippen LogP contribution in [-0.2, 0) is 9.53 Å². The van der Waals surface area contributed by atoms with Crippen molar-refractivity contribution in [2.45, 2.75) is 33.2 Å². The van der Waals surface area contributed by atoms with E-state index in [1.54, 1.807) is 7.11 Å². The lowest BCUT2D eigenvalue weighted by molar-refractivity contribution is -0.148. The molecule has 2 aromatic carbocycles. The molecule has 0 N–H and O–H groups in total. The van der Waals surface area contributed by atoms with E-state index in [4.69, 9.17) is 26.1 Å². The molecule has 8 heteroatoms. The van der Waals surface area contributed by atoms with Crippen LogP contribution in [0.15, 0.2) is 47.5 Å². The van der Waals surface area contributed by atoms with E-state index in [1.807, 2.05) is 60.9 Å². The number of fused-ring (bicyclic) bond motifs is 3. The van der Waals surface area contributed by atoms with E-state index in [2.05, 4.69) is 17.1 Å². The Hall–Kier alpha value is -3.19. The van der Waals surface area contributed by atoms with Gasteiger partial charge in [-0.1, -0.05) is 44.0 Å². The van der Waals surface area contributed by atoms with Crippen LogP contribution < -0.4 is 4.74 Å². The van der Waals surface area contributed by atoms with E-state index in [0.29, 0.717) is 22.4 Å². The lowest BCUT2D eigenvalue weighted by Gasteiger charge is -2.26. The first kappa shape index (κ1) is 23.0. The monoisotopic (exact) mass is 466 g/mol. The van der Waals surface area contributed by atoms with E-state index >= 15 is 0 Å². The molecule has 0 radical (unpaired) electrons. The van der Waals surface area contributed by atoms with Gasteiger partial charge in [0.25, 0.3) is 0 Å². The number of hydrogen-bond donors (Lipinski definition) is 0. The first-order valence-corrected chi connectivity index (χ1v) is 11.3. The number of benzene rings is 2. The summed E-state index contributed by atoms with van der Waals surface area (Å²) >= 11 is 6.16. The van der Waals surface area contributed by atoms with Gasteiger partial charge in [-0.15, -0.1) is 10.2 Å². The number of nitrogens with zero attached hydrogens (tertiary/aromatic N) is 4. The topological polar surface area (TPSA) is 78.6 Å². The average Bonchev–Trinajstić information content (AvgIpc) is 3.15. The highest BCUT2D eigenvalue weighted by Crippen LogP contribution is 2.39. The summed E-state index contributed by atoms with van der Waals surface area (Å²) in [5.74, 6) is 1.19. The van der Waals surface area contributed by atoms with Crippen molar-refractivity contribution in [1.82, 2.24) is 14.8 Å². The van der Waals surface area contributed by atoms with Gasteiger partial charge in [-0.25, -0.2) is 0 Å². The third kappa shape index (κ3) is 4.13. The first-order chi connectivity index (χ1) is 15.9. The Labute approximate surface area is 198 Å². The van der Waals surface area contributed by atoms with Crippen molar-refractivity contribution in [3.63, 3.8) is 0 Å². The molecular formula is C25H27ClN4O3. The van der Waals surface area contributed by atoms with Crippen LogP contribution in [0.2, 0.25) is 5.02 Å². The van der Waals surface area contributed by atoms with Crippen LogP contribution in [0.3, 0.4) is 0 Å². The first-order valence-electron chi connectivity index (χ1n) is 10.9. The minimum Gasteiger partial charge on any atom is -0.497 e. The highest BCUT2D eigenvalue weighted by molar-refractivity contribution is 6.30. The highest BCUT2D eigenvalue weighted by Gasteiger charge is 2.40. The van der Waals surface area contributed by atoms with E-state index in [9.17, 15) is 4.79 Å². The van der Waals surface area contributed by atoms with Crippen LogP contribution in [-0.4, -0.2) is 40.7 Å². The lowest BCUT2D eigenvalue weighted by Crippen LogP contribution is -2.30. The maximum atomic E-state index is 13.0. The zero-order chi connectivity index (χ0) is 23.7. The quantitative estimate of drug-likeness (QED) is 0.479. The summed E-state index contributed by atoms with van der Waals surface area (Å²) in [4.78, 5) is 18.2. The summed E-state index contributed by atoms with van der Waals surface area (Å²) in [6.07, 6.45) is 0.788. The molecule has 0 spiro atoms. The van der Waals surface area contributed by atoms with Gasteiger partial charge in [0.05, 0.1) is 31.5 Å². The predicted octanol–water partition coefficient (Wildman–Crippen LogP) is 4.97. The fraction of sp³-hybridized carbons (Fsp3) is 0.360. The molecule has 7 nitrogen and oxygen atoms in total. The van der Waals surface area contributed by atoms with Crippen LogP contribution in [0.25, 0.3) is 5.69 Å². The second-order valence-corrected chi connectivity index (χ2v) is 8.62. The number of ether oxygens (including phenoxy) is 2. The SMILES string of the molecule is CC[C@H](C)[C@H](C(=O)OC)[C@@H]1N=C(c2ccc(Cl)cc2)c2cc(OC)ccc2-n2c(C)nnc21. The number of aliphatic imine (C=N–C) groups is 1. The van der Waals surface area contributed by atoms with Gasteiger partial charge in [-0.3, -0.25) is 14.4 Å². The van der Waals surface area contributed by atoms with E-state index in [1.165, 1.54) is 7.11 Å². The highest BCUT2D eigenvalue weighted by atomic mass is 35.5. The van der Waals surface area contributed by atoms with Gasteiger partial charge in [0, 0.05) is 16.1 Å². The number of carbonyl (C=O) groups excluding carboxylic acids is 1. The maximum absolute atomic E-state index is 13.0. The van der Waals surface area contributed by atoms with Crippen molar-refractivity contribution in [3.8, 4) is 11.4 Å². The second kappa shape index (κ2) is 9.35. The molecule has 2 heterocycles. The van der Waals surface area contributed by atoms with Gasteiger partial charge in [0.2, 0.25) is 0 Å². The fourth-order valence-electron chi connectivity index (χ4n) is 4.30. The number of esters is 1. The van der Waals surface area contributed by atoms with Gasteiger partial charge in [-0.05, 0) is 43.2 Å². The van der Waals surface area contributed by atoms with Crippen molar-refractivity contribution in [2.24, 2.45) is 16.8 Å². The third-order valence-corrected chi connectivity index (χ3v) is 6.52. The molecule has 3 aromatic rings. The Bertz CT molecular complexity index is 1200. The van der Waals surface area contributed by atoms with Crippen LogP contribution >= 0.6 is 11.6 Å². The molecule has 3 atom stereocenters. The number of carbonyl (C=O) groups is 1. The molecule has 172 valence electrons. The van der Waals surface area contributed by atoms with Gasteiger partial charge >= 0.3 is 5.97 Å². The predicted molar refractivity (Wildman–Crippen MR) is 127 cm³/mol. The van der Waals surface area contributed by atoms with Crippen molar-refractivity contribution in [3.05, 3.63) is 70.3 Å².